The van der Waals surface area contributed by atoms with Crippen LogP contribution in [0.15, 0.2) is 30.2 Å². The molecule has 0 N–H and O–H groups in total. The quantitative estimate of drug-likeness (QED) is 0.678. The third-order valence-corrected chi connectivity index (χ3v) is 5.53. The summed E-state index contributed by atoms with van der Waals surface area (Å²) in [5.74, 6) is 1.60. The van der Waals surface area contributed by atoms with Gasteiger partial charge in [-0.3, -0.25) is 9.80 Å². The molecule has 136 valence electrons. The third-order valence-electron chi connectivity index (χ3n) is 4.67. The molecule has 0 bridgehead atoms. The molecule has 0 unspecified atom stereocenters. The number of hydrogen-bond acceptors (Lipinski definition) is 6. The number of hydrogen-bond donors (Lipinski definition) is 0. The van der Waals surface area contributed by atoms with Gasteiger partial charge in [0, 0.05) is 37.6 Å². The van der Waals surface area contributed by atoms with E-state index in [2.05, 4.69) is 63.3 Å². The molecule has 25 heavy (non-hydrogen) atoms. The van der Waals surface area contributed by atoms with Crippen LogP contribution in [0.5, 0.6) is 0 Å². The molecule has 2 aromatic rings. The Morgan fingerprint density at radius 1 is 1.28 bits per heavy atom. The summed E-state index contributed by atoms with van der Waals surface area (Å²) in [7, 11) is 0. The highest BCUT2D eigenvalue weighted by atomic mass is 32.1. The van der Waals surface area contributed by atoms with Gasteiger partial charge in [0.1, 0.15) is 0 Å². The lowest BCUT2D eigenvalue weighted by molar-refractivity contribution is 0.0866. The minimum absolute atomic E-state index is 0.279. The van der Waals surface area contributed by atoms with Crippen molar-refractivity contribution in [2.24, 2.45) is 5.92 Å². The highest BCUT2D eigenvalue weighted by molar-refractivity contribution is 7.09. The molecule has 0 radical (unpaired) electrons. The molecule has 0 aliphatic carbocycles. The molecular weight excluding hydrogens is 332 g/mol. The first-order valence-electron chi connectivity index (χ1n) is 9.03. The molecule has 1 saturated heterocycles. The van der Waals surface area contributed by atoms with Crippen LogP contribution < -0.4 is 0 Å². The van der Waals surface area contributed by atoms with Crippen LogP contribution in [-0.4, -0.2) is 62.7 Å². The van der Waals surface area contributed by atoms with Crippen molar-refractivity contribution in [1.82, 2.24) is 30.0 Å². The molecule has 2 aromatic heterocycles. The predicted molar refractivity (Wildman–Crippen MR) is 102 cm³/mol. The van der Waals surface area contributed by atoms with Gasteiger partial charge in [0.2, 0.25) is 0 Å². The van der Waals surface area contributed by atoms with Crippen molar-refractivity contribution < 1.29 is 0 Å². The van der Waals surface area contributed by atoms with E-state index in [1.165, 1.54) is 4.88 Å². The Morgan fingerprint density at radius 2 is 2.08 bits per heavy atom. The molecule has 1 atom stereocenters. The smallest absolute Gasteiger partial charge is 0.168 e. The second kappa shape index (κ2) is 8.69. The molecule has 3 heterocycles. The first-order chi connectivity index (χ1) is 12.2. The highest BCUT2D eigenvalue weighted by Gasteiger charge is 2.29. The fourth-order valence-corrected chi connectivity index (χ4v) is 4.10. The zero-order valence-electron chi connectivity index (χ0n) is 15.2. The topological polar surface area (TPSA) is 50.1 Å². The average molecular weight is 361 g/mol. The van der Waals surface area contributed by atoms with Crippen LogP contribution in [0.1, 0.15) is 37.0 Å². The van der Waals surface area contributed by atoms with Crippen LogP contribution >= 0.6 is 11.3 Å². The number of thiophene rings is 1. The summed E-state index contributed by atoms with van der Waals surface area (Å²) in [6, 6.07) is 4.50. The lowest BCUT2D eigenvalue weighted by Crippen LogP contribution is -2.48. The van der Waals surface area contributed by atoms with Crippen LogP contribution in [0.3, 0.4) is 0 Å². The summed E-state index contributed by atoms with van der Waals surface area (Å²) in [6.45, 7) is 14.4. The summed E-state index contributed by atoms with van der Waals surface area (Å²) in [6.07, 6.45) is 3.06. The Morgan fingerprint density at radius 3 is 2.72 bits per heavy atom. The Balaban J connectivity index is 1.75. The Labute approximate surface area is 154 Å². The summed E-state index contributed by atoms with van der Waals surface area (Å²) in [5.41, 5.74) is 0. The number of rotatable bonds is 8. The zero-order chi connectivity index (χ0) is 17.6. The van der Waals surface area contributed by atoms with Gasteiger partial charge in [-0.15, -0.1) is 23.0 Å². The van der Waals surface area contributed by atoms with E-state index >= 15 is 0 Å². The standard InChI is InChI=1S/C18H28N6S/c1-4-7-22-8-10-23(11-9-22)17(13-15(2)3)18-19-20-21-24(18)14-16-6-5-12-25-16/h4-6,12,15,17H,1,7-11,13-14H2,2-3H3/t17-/m0/s1. The molecule has 0 saturated carbocycles. The first kappa shape index (κ1) is 18.2. The van der Waals surface area contributed by atoms with Crippen molar-refractivity contribution in [2.45, 2.75) is 32.9 Å². The predicted octanol–water partition coefficient (Wildman–Crippen LogP) is 2.67. The Hall–Kier alpha value is -1.57. The number of piperazine rings is 1. The van der Waals surface area contributed by atoms with Gasteiger partial charge in [0.15, 0.2) is 5.82 Å². The van der Waals surface area contributed by atoms with Crippen molar-refractivity contribution in [3.05, 3.63) is 40.9 Å². The lowest BCUT2D eigenvalue weighted by atomic mass is 10.0. The van der Waals surface area contributed by atoms with Crippen molar-refractivity contribution >= 4 is 11.3 Å². The molecule has 0 amide bonds. The zero-order valence-corrected chi connectivity index (χ0v) is 16.0. The van der Waals surface area contributed by atoms with Crippen LogP contribution in [-0.2, 0) is 6.54 Å². The largest absolute Gasteiger partial charge is 0.297 e. The van der Waals surface area contributed by atoms with Gasteiger partial charge in [0.05, 0.1) is 12.6 Å². The number of aromatic nitrogens is 4. The number of nitrogens with zero attached hydrogens (tertiary/aromatic N) is 6. The monoisotopic (exact) mass is 360 g/mol. The fraction of sp³-hybridized carbons (Fsp3) is 0.611. The van der Waals surface area contributed by atoms with E-state index in [1.807, 2.05) is 10.8 Å². The van der Waals surface area contributed by atoms with Gasteiger partial charge in [-0.25, -0.2) is 4.68 Å². The molecule has 7 heteroatoms. The Kier molecular flexibility index (Phi) is 6.34. The average Bonchev–Trinajstić information content (AvgIpc) is 3.26. The van der Waals surface area contributed by atoms with Gasteiger partial charge in [-0.1, -0.05) is 26.0 Å². The van der Waals surface area contributed by atoms with E-state index in [1.54, 1.807) is 11.3 Å². The van der Waals surface area contributed by atoms with Crippen LogP contribution in [0.4, 0.5) is 0 Å². The van der Waals surface area contributed by atoms with Gasteiger partial charge in [-0.05, 0) is 34.2 Å². The lowest BCUT2D eigenvalue weighted by Gasteiger charge is -2.39. The van der Waals surface area contributed by atoms with Crippen molar-refractivity contribution in [3.8, 4) is 0 Å². The molecule has 6 nitrogen and oxygen atoms in total. The van der Waals surface area contributed by atoms with E-state index in [0.717, 1.165) is 51.5 Å². The maximum Gasteiger partial charge on any atom is 0.168 e. The fourth-order valence-electron chi connectivity index (χ4n) is 3.42. The second-order valence-electron chi connectivity index (χ2n) is 7.04. The minimum Gasteiger partial charge on any atom is -0.297 e. The van der Waals surface area contributed by atoms with E-state index in [0.29, 0.717) is 5.92 Å². The second-order valence-corrected chi connectivity index (χ2v) is 8.08. The van der Waals surface area contributed by atoms with E-state index < -0.39 is 0 Å². The molecule has 0 aromatic carbocycles. The SMILES string of the molecule is C=CCN1CCN([C@@H](CC(C)C)c2nnnn2Cc2cccs2)CC1. The van der Waals surface area contributed by atoms with E-state index in [-0.39, 0.29) is 6.04 Å². The number of tetrazole rings is 1. The summed E-state index contributed by atoms with van der Waals surface area (Å²) < 4.78 is 1.98. The molecule has 3 rings (SSSR count). The normalized spacial score (nSPS) is 17.9. The third kappa shape index (κ3) is 4.74. The first-order valence-corrected chi connectivity index (χ1v) is 9.91. The van der Waals surface area contributed by atoms with E-state index in [4.69, 9.17) is 0 Å². The van der Waals surface area contributed by atoms with Crippen LogP contribution in [0.25, 0.3) is 0 Å². The molecule has 1 aliphatic rings. The van der Waals surface area contributed by atoms with Gasteiger partial charge in [0.25, 0.3) is 0 Å². The maximum absolute atomic E-state index is 4.42. The minimum atomic E-state index is 0.279. The van der Waals surface area contributed by atoms with Crippen molar-refractivity contribution in [2.75, 3.05) is 32.7 Å². The van der Waals surface area contributed by atoms with Crippen LogP contribution in [0, 0.1) is 5.92 Å². The van der Waals surface area contributed by atoms with Gasteiger partial charge in [-0.2, -0.15) is 0 Å². The van der Waals surface area contributed by atoms with E-state index in [9.17, 15) is 0 Å². The summed E-state index contributed by atoms with van der Waals surface area (Å²) >= 11 is 1.75. The summed E-state index contributed by atoms with van der Waals surface area (Å²) in [4.78, 5) is 6.29. The van der Waals surface area contributed by atoms with Crippen LogP contribution in [0.2, 0.25) is 0 Å². The summed E-state index contributed by atoms with van der Waals surface area (Å²) in [5, 5.41) is 14.8. The van der Waals surface area contributed by atoms with Gasteiger partial charge < -0.3 is 0 Å². The molecular formula is C18H28N6S. The van der Waals surface area contributed by atoms with Crippen molar-refractivity contribution in [3.63, 3.8) is 0 Å². The van der Waals surface area contributed by atoms with Crippen molar-refractivity contribution in [1.29, 1.82) is 0 Å². The maximum atomic E-state index is 4.42. The molecule has 0 spiro atoms. The molecule has 1 fully saturated rings. The highest BCUT2D eigenvalue weighted by Crippen LogP contribution is 2.27. The molecule has 1 aliphatic heterocycles. The van der Waals surface area contributed by atoms with Gasteiger partial charge >= 0.3 is 0 Å². The Bertz CT molecular complexity index is 642.